The molecule has 18 heavy (non-hydrogen) atoms. The average molecular weight is 250 g/mol. The van der Waals surface area contributed by atoms with Crippen LogP contribution in [0, 0.1) is 5.92 Å². The number of nitrogens with zero attached hydrogens (tertiary/aromatic N) is 2. The molecule has 2 rings (SSSR count). The average Bonchev–Trinajstić information content (AvgIpc) is 2.41. The Morgan fingerprint density at radius 2 is 2.39 bits per heavy atom. The van der Waals surface area contributed by atoms with Gasteiger partial charge in [0.15, 0.2) is 0 Å². The van der Waals surface area contributed by atoms with Crippen molar-refractivity contribution in [1.82, 2.24) is 15.4 Å². The zero-order valence-corrected chi connectivity index (χ0v) is 11.1. The van der Waals surface area contributed by atoms with Crippen LogP contribution in [0.5, 0.6) is 0 Å². The molecule has 0 bridgehead atoms. The number of methoxy groups -OCH3 is 1. The van der Waals surface area contributed by atoms with Gasteiger partial charge in [0.25, 0.3) is 0 Å². The lowest BCUT2D eigenvalue weighted by molar-refractivity contribution is -0.0816. The van der Waals surface area contributed by atoms with Gasteiger partial charge in [-0.15, -0.1) is 0 Å². The third-order valence-electron chi connectivity index (χ3n) is 3.97. The van der Waals surface area contributed by atoms with Gasteiger partial charge in [-0.3, -0.25) is 15.8 Å². The van der Waals surface area contributed by atoms with Crippen molar-refractivity contribution in [2.75, 3.05) is 7.11 Å². The van der Waals surface area contributed by atoms with Crippen LogP contribution in [0.3, 0.4) is 0 Å². The van der Waals surface area contributed by atoms with Gasteiger partial charge in [-0.05, 0) is 18.8 Å². The molecule has 1 aromatic rings. The maximum Gasteiger partial charge on any atom is 0.0937 e. The number of nitrogens with one attached hydrogen (secondary N) is 1. The van der Waals surface area contributed by atoms with Crippen LogP contribution in [-0.4, -0.2) is 22.7 Å². The quantitative estimate of drug-likeness (QED) is 0.627. The van der Waals surface area contributed by atoms with Crippen molar-refractivity contribution in [3.8, 4) is 0 Å². The molecule has 0 amide bonds. The molecule has 1 heterocycles. The van der Waals surface area contributed by atoms with E-state index in [4.69, 9.17) is 10.6 Å². The predicted octanol–water partition coefficient (Wildman–Crippen LogP) is 1.58. The minimum atomic E-state index is -0.275. The molecule has 1 fully saturated rings. The first-order valence-corrected chi connectivity index (χ1v) is 6.49. The molecule has 3 unspecified atom stereocenters. The highest BCUT2D eigenvalue weighted by molar-refractivity contribution is 5.11. The predicted molar refractivity (Wildman–Crippen MR) is 69.5 cm³/mol. The molecule has 1 aromatic heterocycles. The van der Waals surface area contributed by atoms with Crippen molar-refractivity contribution in [1.29, 1.82) is 0 Å². The molecular formula is C13H22N4O. The fraction of sp³-hybridized carbons (Fsp3) is 0.692. The van der Waals surface area contributed by atoms with Gasteiger partial charge in [-0.1, -0.05) is 19.8 Å². The second kappa shape index (κ2) is 5.73. The van der Waals surface area contributed by atoms with Crippen molar-refractivity contribution < 1.29 is 4.74 Å². The van der Waals surface area contributed by atoms with E-state index in [1.165, 1.54) is 6.42 Å². The van der Waals surface area contributed by atoms with Crippen molar-refractivity contribution >= 4 is 0 Å². The molecule has 0 aliphatic heterocycles. The normalized spacial score (nSPS) is 30.1. The fourth-order valence-corrected chi connectivity index (χ4v) is 3.08. The molecular weight excluding hydrogens is 228 g/mol. The van der Waals surface area contributed by atoms with E-state index in [9.17, 15) is 0 Å². The Morgan fingerprint density at radius 1 is 1.56 bits per heavy atom. The highest BCUT2D eigenvalue weighted by Gasteiger charge is 2.43. The number of rotatable bonds is 4. The van der Waals surface area contributed by atoms with Gasteiger partial charge >= 0.3 is 0 Å². The highest BCUT2D eigenvalue weighted by atomic mass is 16.5. The standard InChI is InChI=1S/C13H22N4O/c1-10-4-3-5-13(8-10,18-2)12(17-14)11-9-15-6-7-16-11/h6-7,9-10,12,17H,3-5,8,14H2,1-2H3. The minimum Gasteiger partial charge on any atom is -0.376 e. The largest absolute Gasteiger partial charge is 0.376 e. The molecule has 0 radical (unpaired) electrons. The molecule has 1 aliphatic rings. The van der Waals surface area contributed by atoms with Crippen LogP contribution in [0.25, 0.3) is 0 Å². The van der Waals surface area contributed by atoms with Crippen molar-refractivity contribution in [2.24, 2.45) is 11.8 Å². The van der Waals surface area contributed by atoms with Crippen LogP contribution in [0.4, 0.5) is 0 Å². The topological polar surface area (TPSA) is 73.1 Å². The molecule has 0 saturated heterocycles. The number of aromatic nitrogens is 2. The Bertz CT molecular complexity index is 373. The Balaban J connectivity index is 2.29. The SMILES string of the molecule is COC1(C(NN)c2cnccn2)CCCC(C)C1. The van der Waals surface area contributed by atoms with E-state index in [1.807, 2.05) is 0 Å². The maximum atomic E-state index is 5.85. The molecule has 0 spiro atoms. The molecule has 3 N–H and O–H groups in total. The summed E-state index contributed by atoms with van der Waals surface area (Å²) in [6, 6.07) is -0.112. The van der Waals surface area contributed by atoms with Crippen LogP contribution in [0.2, 0.25) is 0 Å². The number of hydrogen-bond donors (Lipinski definition) is 2. The first-order chi connectivity index (χ1) is 8.72. The van der Waals surface area contributed by atoms with Gasteiger partial charge in [0, 0.05) is 19.5 Å². The van der Waals surface area contributed by atoms with Gasteiger partial charge in [0.2, 0.25) is 0 Å². The minimum absolute atomic E-state index is 0.112. The van der Waals surface area contributed by atoms with E-state index in [1.54, 1.807) is 25.7 Å². The lowest BCUT2D eigenvalue weighted by Gasteiger charge is -2.43. The van der Waals surface area contributed by atoms with Crippen LogP contribution in [0.1, 0.15) is 44.3 Å². The number of nitrogens with two attached hydrogens (primary N) is 1. The molecule has 0 aromatic carbocycles. The second-order valence-corrected chi connectivity index (χ2v) is 5.20. The summed E-state index contributed by atoms with van der Waals surface area (Å²) in [7, 11) is 1.76. The Hall–Kier alpha value is -1.04. The summed E-state index contributed by atoms with van der Waals surface area (Å²) in [6.07, 6.45) is 9.52. The number of hydrogen-bond acceptors (Lipinski definition) is 5. The molecule has 1 saturated carbocycles. The Kier molecular flexibility index (Phi) is 4.27. The smallest absolute Gasteiger partial charge is 0.0937 e. The monoisotopic (exact) mass is 250 g/mol. The summed E-state index contributed by atoms with van der Waals surface area (Å²) in [5.74, 6) is 6.39. The van der Waals surface area contributed by atoms with E-state index >= 15 is 0 Å². The Morgan fingerprint density at radius 3 is 2.94 bits per heavy atom. The lowest BCUT2D eigenvalue weighted by atomic mass is 9.74. The summed E-state index contributed by atoms with van der Waals surface area (Å²) in [4.78, 5) is 8.48. The summed E-state index contributed by atoms with van der Waals surface area (Å²) in [5.41, 5.74) is 3.44. The van der Waals surface area contributed by atoms with E-state index in [0.717, 1.165) is 25.0 Å². The summed E-state index contributed by atoms with van der Waals surface area (Å²) < 4.78 is 5.85. The van der Waals surface area contributed by atoms with Gasteiger partial charge in [0.1, 0.15) is 0 Å². The molecule has 100 valence electrons. The van der Waals surface area contributed by atoms with Gasteiger partial charge in [-0.25, -0.2) is 5.43 Å². The van der Waals surface area contributed by atoms with E-state index < -0.39 is 0 Å². The number of hydrazine groups is 1. The molecule has 5 heteroatoms. The van der Waals surface area contributed by atoms with Crippen LogP contribution in [0.15, 0.2) is 18.6 Å². The summed E-state index contributed by atoms with van der Waals surface area (Å²) >= 11 is 0. The van der Waals surface area contributed by atoms with Crippen molar-refractivity contribution in [2.45, 2.75) is 44.2 Å². The third kappa shape index (κ3) is 2.53. The maximum absolute atomic E-state index is 5.85. The molecule has 3 atom stereocenters. The van der Waals surface area contributed by atoms with E-state index in [0.29, 0.717) is 5.92 Å². The second-order valence-electron chi connectivity index (χ2n) is 5.20. The first kappa shape index (κ1) is 13.4. The summed E-state index contributed by atoms with van der Waals surface area (Å²) in [5, 5.41) is 0. The Labute approximate surface area is 108 Å². The van der Waals surface area contributed by atoms with Gasteiger partial charge in [0.05, 0.1) is 23.5 Å². The third-order valence-corrected chi connectivity index (χ3v) is 3.97. The zero-order valence-electron chi connectivity index (χ0n) is 11.1. The van der Waals surface area contributed by atoms with Crippen molar-refractivity contribution in [3.05, 3.63) is 24.3 Å². The fourth-order valence-electron chi connectivity index (χ4n) is 3.08. The first-order valence-electron chi connectivity index (χ1n) is 6.49. The van der Waals surface area contributed by atoms with Gasteiger partial charge in [-0.2, -0.15) is 0 Å². The summed E-state index contributed by atoms with van der Waals surface area (Å²) in [6.45, 7) is 2.26. The van der Waals surface area contributed by atoms with Crippen LogP contribution < -0.4 is 11.3 Å². The van der Waals surface area contributed by atoms with Crippen LogP contribution >= 0.6 is 0 Å². The lowest BCUT2D eigenvalue weighted by Crippen LogP contribution is -2.50. The number of ether oxygens (including phenoxy) is 1. The van der Waals surface area contributed by atoms with Crippen LogP contribution in [-0.2, 0) is 4.74 Å². The zero-order chi connectivity index (χ0) is 13.0. The van der Waals surface area contributed by atoms with Crippen molar-refractivity contribution in [3.63, 3.8) is 0 Å². The highest BCUT2D eigenvalue weighted by Crippen LogP contribution is 2.42. The molecule has 1 aliphatic carbocycles. The molecule has 5 nitrogen and oxygen atoms in total. The van der Waals surface area contributed by atoms with Gasteiger partial charge < -0.3 is 4.74 Å². The van der Waals surface area contributed by atoms with E-state index in [-0.39, 0.29) is 11.6 Å². The van der Waals surface area contributed by atoms with E-state index in [2.05, 4.69) is 22.3 Å².